The zero-order valence-corrected chi connectivity index (χ0v) is 17.6. The summed E-state index contributed by atoms with van der Waals surface area (Å²) in [6.45, 7) is 1.19. The van der Waals surface area contributed by atoms with E-state index in [1.165, 1.54) is 18.2 Å². The minimum Gasteiger partial charge on any atom is -0.489 e. The lowest BCUT2D eigenvalue weighted by atomic mass is 10.1. The fourth-order valence-corrected chi connectivity index (χ4v) is 3.92. The first-order valence-corrected chi connectivity index (χ1v) is 10.4. The van der Waals surface area contributed by atoms with E-state index >= 15 is 0 Å². The van der Waals surface area contributed by atoms with Crippen LogP contribution < -0.4 is 10.1 Å². The molecule has 3 aromatic rings. The summed E-state index contributed by atoms with van der Waals surface area (Å²) in [7, 11) is 1.76. The first-order valence-electron chi connectivity index (χ1n) is 10.4. The molecule has 1 aliphatic heterocycles. The largest absolute Gasteiger partial charge is 0.489 e. The van der Waals surface area contributed by atoms with Gasteiger partial charge in [-0.15, -0.1) is 0 Å². The molecule has 32 heavy (non-hydrogen) atoms. The molecule has 1 unspecified atom stereocenters. The highest BCUT2D eigenvalue weighted by molar-refractivity contribution is 6.09. The summed E-state index contributed by atoms with van der Waals surface area (Å²) in [5, 5.41) is 21.9. The second-order valence-corrected chi connectivity index (χ2v) is 7.71. The maximum Gasteiger partial charge on any atom is 0.337 e. The number of amides is 1. The van der Waals surface area contributed by atoms with Crippen molar-refractivity contribution in [2.75, 3.05) is 18.5 Å². The van der Waals surface area contributed by atoms with Crippen LogP contribution in [0.1, 0.15) is 45.7 Å². The zero-order valence-electron chi connectivity index (χ0n) is 17.6. The quantitative estimate of drug-likeness (QED) is 0.609. The Morgan fingerprint density at radius 3 is 2.84 bits per heavy atom. The van der Waals surface area contributed by atoms with Gasteiger partial charge in [-0.2, -0.15) is 5.26 Å². The smallest absolute Gasteiger partial charge is 0.337 e. The number of nitriles is 1. The lowest BCUT2D eigenvalue weighted by molar-refractivity contribution is -0.0108. The SMILES string of the molecule is Cn1c(C(=O)Nc2ccc(C#N)cc2C(=O)O)cc2cccc(OCC3CCCCO3)c21. The molecule has 0 spiro atoms. The van der Waals surface area contributed by atoms with Gasteiger partial charge < -0.3 is 24.5 Å². The molecule has 2 aromatic carbocycles. The number of fused-ring (bicyclic) bond motifs is 1. The van der Waals surface area contributed by atoms with Crippen molar-refractivity contribution in [1.82, 2.24) is 4.57 Å². The number of rotatable bonds is 6. The van der Waals surface area contributed by atoms with E-state index in [1.54, 1.807) is 17.7 Å². The van der Waals surface area contributed by atoms with Gasteiger partial charge in [0.2, 0.25) is 0 Å². The Bertz CT molecular complexity index is 1220. The van der Waals surface area contributed by atoms with Crippen LogP contribution in [0.2, 0.25) is 0 Å². The number of carbonyl (C=O) groups excluding carboxylic acids is 1. The Balaban J connectivity index is 1.60. The molecule has 0 bridgehead atoms. The van der Waals surface area contributed by atoms with Crippen molar-refractivity contribution in [3.05, 3.63) is 59.3 Å². The molecule has 8 nitrogen and oxygen atoms in total. The summed E-state index contributed by atoms with van der Waals surface area (Å²) in [5.74, 6) is -1.03. The van der Waals surface area contributed by atoms with E-state index in [0.717, 1.165) is 36.8 Å². The van der Waals surface area contributed by atoms with Gasteiger partial charge >= 0.3 is 5.97 Å². The standard InChI is InChI=1S/C24H23N3O5/c1-27-20(23(28)26-19-9-8-15(13-25)11-18(19)24(29)30)12-16-5-4-7-21(22(16)27)32-14-17-6-2-3-10-31-17/h4-5,7-9,11-12,17H,2-3,6,10,14H2,1H3,(H,26,28)(H,29,30). The summed E-state index contributed by atoms with van der Waals surface area (Å²) < 4.78 is 13.5. The number of para-hydroxylation sites is 1. The monoisotopic (exact) mass is 433 g/mol. The average molecular weight is 433 g/mol. The van der Waals surface area contributed by atoms with Crippen LogP contribution in [0.3, 0.4) is 0 Å². The fourth-order valence-electron chi connectivity index (χ4n) is 3.92. The molecule has 2 N–H and O–H groups in total. The maximum absolute atomic E-state index is 13.0. The molecule has 2 heterocycles. The molecule has 1 amide bonds. The number of nitrogens with zero attached hydrogens (tertiary/aromatic N) is 2. The van der Waals surface area contributed by atoms with Gasteiger partial charge in [0.15, 0.2) is 0 Å². The van der Waals surface area contributed by atoms with Crippen LogP contribution in [0.5, 0.6) is 5.75 Å². The van der Waals surface area contributed by atoms with Crippen LogP contribution in [-0.4, -0.2) is 40.9 Å². The summed E-state index contributed by atoms with van der Waals surface area (Å²) in [6.07, 6.45) is 3.23. The Morgan fingerprint density at radius 1 is 1.28 bits per heavy atom. The lowest BCUT2D eigenvalue weighted by Gasteiger charge is -2.23. The van der Waals surface area contributed by atoms with Gasteiger partial charge in [-0.1, -0.05) is 12.1 Å². The maximum atomic E-state index is 13.0. The Kier molecular flexibility index (Phi) is 6.10. The highest BCUT2D eigenvalue weighted by Gasteiger charge is 2.20. The van der Waals surface area contributed by atoms with E-state index in [1.807, 2.05) is 24.3 Å². The zero-order chi connectivity index (χ0) is 22.7. The van der Waals surface area contributed by atoms with E-state index in [9.17, 15) is 14.7 Å². The van der Waals surface area contributed by atoms with Gasteiger partial charge in [0, 0.05) is 19.0 Å². The molecule has 1 saturated heterocycles. The fraction of sp³-hybridized carbons (Fsp3) is 0.292. The van der Waals surface area contributed by atoms with Gasteiger partial charge in [-0.3, -0.25) is 4.79 Å². The van der Waals surface area contributed by atoms with Crippen molar-refractivity contribution in [2.24, 2.45) is 7.05 Å². The second-order valence-electron chi connectivity index (χ2n) is 7.71. The van der Waals surface area contributed by atoms with Crippen LogP contribution in [0.15, 0.2) is 42.5 Å². The number of hydrogen-bond acceptors (Lipinski definition) is 5. The van der Waals surface area contributed by atoms with Crippen molar-refractivity contribution in [3.63, 3.8) is 0 Å². The van der Waals surface area contributed by atoms with E-state index < -0.39 is 11.9 Å². The van der Waals surface area contributed by atoms with Crippen LogP contribution in [0.4, 0.5) is 5.69 Å². The van der Waals surface area contributed by atoms with Crippen LogP contribution in [-0.2, 0) is 11.8 Å². The topological polar surface area (TPSA) is 114 Å². The number of aromatic nitrogens is 1. The number of carboxylic acids is 1. The van der Waals surface area contributed by atoms with E-state index in [0.29, 0.717) is 18.1 Å². The van der Waals surface area contributed by atoms with E-state index in [4.69, 9.17) is 14.7 Å². The first-order chi connectivity index (χ1) is 15.5. The van der Waals surface area contributed by atoms with Crippen LogP contribution in [0.25, 0.3) is 10.9 Å². The average Bonchev–Trinajstić information content (AvgIpc) is 3.15. The molecule has 1 aromatic heterocycles. The molecular weight excluding hydrogens is 410 g/mol. The normalized spacial score (nSPS) is 15.8. The van der Waals surface area contributed by atoms with Crippen molar-refractivity contribution in [3.8, 4) is 11.8 Å². The molecular formula is C24H23N3O5. The minimum absolute atomic E-state index is 0.0628. The number of aromatic carboxylic acids is 1. The molecule has 0 radical (unpaired) electrons. The highest BCUT2D eigenvalue weighted by atomic mass is 16.5. The molecule has 164 valence electrons. The van der Waals surface area contributed by atoms with Gasteiger partial charge in [-0.25, -0.2) is 4.79 Å². The summed E-state index contributed by atoms with van der Waals surface area (Å²) >= 11 is 0. The van der Waals surface area contributed by atoms with Crippen molar-refractivity contribution >= 4 is 28.5 Å². The Labute approximate surface area is 185 Å². The molecule has 0 aliphatic carbocycles. The van der Waals surface area contributed by atoms with E-state index in [2.05, 4.69) is 5.32 Å². The number of nitrogens with one attached hydrogen (secondary N) is 1. The van der Waals surface area contributed by atoms with Gasteiger partial charge in [-0.05, 0) is 49.6 Å². The third-order valence-electron chi connectivity index (χ3n) is 5.58. The number of ether oxygens (including phenoxy) is 2. The van der Waals surface area contributed by atoms with Crippen molar-refractivity contribution < 1.29 is 24.2 Å². The molecule has 0 saturated carbocycles. The summed E-state index contributed by atoms with van der Waals surface area (Å²) in [5.41, 5.74) is 1.30. The molecule has 1 atom stereocenters. The third kappa shape index (κ3) is 4.29. The van der Waals surface area contributed by atoms with Crippen LogP contribution >= 0.6 is 0 Å². The number of anilines is 1. The minimum atomic E-state index is -1.23. The predicted octanol–water partition coefficient (Wildman–Crippen LogP) is 3.95. The molecule has 1 fully saturated rings. The van der Waals surface area contributed by atoms with Gasteiger partial charge in [0.1, 0.15) is 18.1 Å². The van der Waals surface area contributed by atoms with E-state index in [-0.39, 0.29) is 22.9 Å². The van der Waals surface area contributed by atoms with Gasteiger partial charge in [0.25, 0.3) is 5.91 Å². The van der Waals surface area contributed by atoms with Crippen molar-refractivity contribution in [2.45, 2.75) is 25.4 Å². The number of aryl methyl sites for hydroxylation is 1. The number of benzene rings is 2. The van der Waals surface area contributed by atoms with Crippen LogP contribution in [0, 0.1) is 11.3 Å². The second kappa shape index (κ2) is 9.12. The molecule has 1 aliphatic rings. The predicted molar refractivity (Wildman–Crippen MR) is 118 cm³/mol. The van der Waals surface area contributed by atoms with Gasteiger partial charge in [0.05, 0.1) is 34.5 Å². The Morgan fingerprint density at radius 2 is 2.12 bits per heavy atom. The third-order valence-corrected chi connectivity index (χ3v) is 5.58. The molecule has 8 heteroatoms. The lowest BCUT2D eigenvalue weighted by Crippen LogP contribution is -2.25. The summed E-state index contributed by atoms with van der Waals surface area (Å²) in [4.78, 5) is 24.6. The highest BCUT2D eigenvalue weighted by Crippen LogP contribution is 2.30. The number of carbonyl (C=O) groups is 2. The summed E-state index contributed by atoms with van der Waals surface area (Å²) in [6, 6.07) is 13.4. The Hall–Kier alpha value is -3.83. The molecule has 4 rings (SSSR count). The number of carboxylic acid groups (broad SMARTS) is 1. The number of hydrogen-bond donors (Lipinski definition) is 2. The first kappa shape index (κ1) is 21.4. The van der Waals surface area contributed by atoms with Crippen molar-refractivity contribution in [1.29, 1.82) is 5.26 Å².